The Morgan fingerprint density at radius 3 is 2.81 bits per heavy atom. The summed E-state index contributed by atoms with van der Waals surface area (Å²) in [5.74, 6) is -0.169. The molecule has 1 heterocycles. The van der Waals surface area contributed by atoms with Gasteiger partial charge >= 0.3 is 0 Å². The van der Waals surface area contributed by atoms with Gasteiger partial charge in [0, 0.05) is 43.8 Å². The predicted octanol–water partition coefficient (Wildman–Crippen LogP) is 1.93. The minimum Gasteiger partial charge on any atom is -0.381 e. The van der Waals surface area contributed by atoms with E-state index in [2.05, 4.69) is 15.7 Å². The Hall–Kier alpha value is -2.34. The van der Waals surface area contributed by atoms with Gasteiger partial charge in [-0.2, -0.15) is 5.10 Å². The van der Waals surface area contributed by atoms with Crippen LogP contribution in [0.3, 0.4) is 0 Å². The number of amides is 1. The van der Waals surface area contributed by atoms with E-state index < -0.39 is 0 Å². The van der Waals surface area contributed by atoms with Gasteiger partial charge in [0.25, 0.3) is 0 Å². The molecule has 0 spiro atoms. The van der Waals surface area contributed by atoms with Gasteiger partial charge in [-0.05, 0) is 25.1 Å². The van der Waals surface area contributed by atoms with Crippen molar-refractivity contribution in [3.05, 3.63) is 41.7 Å². The summed E-state index contributed by atoms with van der Waals surface area (Å²) < 4.78 is 6.59. The lowest BCUT2D eigenvalue weighted by atomic mass is 10.2. The highest BCUT2D eigenvalue weighted by Gasteiger charge is 2.04. The van der Waals surface area contributed by atoms with Crippen molar-refractivity contribution in [1.82, 2.24) is 9.78 Å². The van der Waals surface area contributed by atoms with Gasteiger partial charge in [-0.3, -0.25) is 9.48 Å². The molecule has 0 atom stereocenters. The zero-order valence-corrected chi connectivity index (χ0v) is 12.5. The second-order valence-corrected chi connectivity index (χ2v) is 4.83. The molecule has 112 valence electrons. The number of carbonyl (C=O) groups excluding carboxylic acids is 1. The SMILES string of the molecule is COCC(=O)Nc1cccc(NCc2cn(C)nc2C)c1. The number of ether oxygens (including phenoxy) is 1. The van der Waals surface area contributed by atoms with Crippen LogP contribution in [0, 0.1) is 6.92 Å². The monoisotopic (exact) mass is 288 g/mol. The molecule has 2 aromatic rings. The van der Waals surface area contributed by atoms with Crippen molar-refractivity contribution in [3.8, 4) is 0 Å². The van der Waals surface area contributed by atoms with Crippen LogP contribution in [0.1, 0.15) is 11.3 Å². The third kappa shape index (κ3) is 4.32. The number of methoxy groups -OCH3 is 1. The topological polar surface area (TPSA) is 68.2 Å². The molecule has 0 radical (unpaired) electrons. The minimum atomic E-state index is -0.169. The first-order valence-electron chi connectivity index (χ1n) is 6.70. The first kappa shape index (κ1) is 15.1. The van der Waals surface area contributed by atoms with E-state index in [0.29, 0.717) is 6.54 Å². The fraction of sp³-hybridized carbons (Fsp3) is 0.333. The Bertz CT molecular complexity index is 622. The second kappa shape index (κ2) is 6.90. The van der Waals surface area contributed by atoms with Crippen molar-refractivity contribution in [1.29, 1.82) is 0 Å². The van der Waals surface area contributed by atoms with E-state index in [4.69, 9.17) is 4.74 Å². The van der Waals surface area contributed by atoms with Crippen molar-refractivity contribution in [3.63, 3.8) is 0 Å². The Labute approximate surface area is 124 Å². The summed E-state index contributed by atoms with van der Waals surface area (Å²) in [6, 6.07) is 7.58. The van der Waals surface area contributed by atoms with Gasteiger partial charge < -0.3 is 15.4 Å². The molecular formula is C15H20N4O2. The van der Waals surface area contributed by atoms with Crippen molar-refractivity contribution in [2.75, 3.05) is 24.4 Å². The molecule has 2 rings (SSSR count). The lowest BCUT2D eigenvalue weighted by molar-refractivity contribution is -0.119. The number of carbonyl (C=O) groups is 1. The molecule has 0 bridgehead atoms. The van der Waals surface area contributed by atoms with Crippen molar-refractivity contribution in [2.24, 2.45) is 7.05 Å². The number of anilines is 2. The van der Waals surface area contributed by atoms with E-state index in [-0.39, 0.29) is 12.5 Å². The maximum absolute atomic E-state index is 11.5. The normalized spacial score (nSPS) is 10.4. The number of benzene rings is 1. The van der Waals surface area contributed by atoms with Crippen LogP contribution in [0.5, 0.6) is 0 Å². The average molecular weight is 288 g/mol. The van der Waals surface area contributed by atoms with Crippen LogP contribution in [0.15, 0.2) is 30.5 Å². The quantitative estimate of drug-likeness (QED) is 0.852. The van der Waals surface area contributed by atoms with Crippen LogP contribution in [0.25, 0.3) is 0 Å². The molecule has 1 aromatic heterocycles. The number of hydrogen-bond donors (Lipinski definition) is 2. The van der Waals surface area contributed by atoms with E-state index in [9.17, 15) is 4.79 Å². The summed E-state index contributed by atoms with van der Waals surface area (Å²) >= 11 is 0. The van der Waals surface area contributed by atoms with Crippen LogP contribution < -0.4 is 10.6 Å². The highest BCUT2D eigenvalue weighted by atomic mass is 16.5. The summed E-state index contributed by atoms with van der Waals surface area (Å²) in [4.78, 5) is 11.5. The molecule has 1 aromatic carbocycles. The zero-order chi connectivity index (χ0) is 15.2. The van der Waals surface area contributed by atoms with Gasteiger partial charge in [0.2, 0.25) is 5.91 Å². The van der Waals surface area contributed by atoms with Crippen LogP contribution in [-0.4, -0.2) is 29.4 Å². The molecule has 0 aliphatic rings. The van der Waals surface area contributed by atoms with Crippen LogP contribution in [-0.2, 0) is 23.1 Å². The molecule has 0 saturated heterocycles. The molecule has 1 amide bonds. The molecular weight excluding hydrogens is 268 g/mol. The molecule has 0 fully saturated rings. The fourth-order valence-electron chi connectivity index (χ4n) is 2.05. The first-order chi connectivity index (χ1) is 10.1. The Morgan fingerprint density at radius 2 is 2.14 bits per heavy atom. The first-order valence-corrected chi connectivity index (χ1v) is 6.70. The van der Waals surface area contributed by atoms with Crippen molar-refractivity contribution >= 4 is 17.3 Å². The van der Waals surface area contributed by atoms with Crippen molar-refractivity contribution in [2.45, 2.75) is 13.5 Å². The Balaban J connectivity index is 1.97. The summed E-state index contributed by atoms with van der Waals surface area (Å²) in [6.07, 6.45) is 1.99. The number of nitrogens with one attached hydrogen (secondary N) is 2. The maximum atomic E-state index is 11.5. The van der Waals surface area contributed by atoms with E-state index in [1.54, 1.807) is 4.68 Å². The van der Waals surface area contributed by atoms with Crippen molar-refractivity contribution < 1.29 is 9.53 Å². The van der Waals surface area contributed by atoms with Gasteiger partial charge in [0.15, 0.2) is 0 Å². The molecule has 0 unspecified atom stereocenters. The lowest BCUT2D eigenvalue weighted by Gasteiger charge is -2.09. The fourth-order valence-corrected chi connectivity index (χ4v) is 2.05. The summed E-state index contributed by atoms with van der Waals surface area (Å²) in [7, 11) is 3.40. The molecule has 21 heavy (non-hydrogen) atoms. The van der Waals surface area contributed by atoms with E-state index >= 15 is 0 Å². The van der Waals surface area contributed by atoms with Gasteiger partial charge in [-0.1, -0.05) is 6.07 Å². The summed E-state index contributed by atoms with van der Waals surface area (Å²) in [6.45, 7) is 2.72. The third-order valence-electron chi connectivity index (χ3n) is 3.02. The molecule has 0 saturated carbocycles. The largest absolute Gasteiger partial charge is 0.381 e. The number of aryl methyl sites for hydroxylation is 2. The predicted molar refractivity (Wildman–Crippen MR) is 82.2 cm³/mol. The van der Waals surface area contributed by atoms with Gasteiger partial charge in [0.1, 0.15) is 6.61 Å². The van der Waals surface area contributed by atoms with Crippen LogP contribution >= 0.6 is 0 Å². The second-order valence-electron chi connectivity index (χ2n) is 4.83. The van der Waals surface area contributed by atoms with Crippen LogP contribution in [0.4, 0.5) is 11.4 Å². The molecule has 0 aliphatic heterocycles. The number of hydrogen-bond acceptors (Lipinski definition) is 4. The molecule has 0 aliphatic carbocycles. The number of aromatic nitrogens is 2. The van der Waals surface area contributed by atoms with Gasteiger partial charge in [0.05, 0.1) is 5.69 Å². The van der Waals surface area contributed by atoms with Gasteiger partial charge in [-0.15, -0.1) is 0 Å². The summed E-state index contributed by atoms with van der Waals surface area (Å²) in [5.41, 5.74) is 3.83. The average Bonchev–Trinajstić information content (AvgIpc) is 2.75. The lowest BCUT2D eigenvalue weighted by Crippen LogP contribution is -2.17. The molecule has 2 N–H and O–H groups in total. The van der Waals surface area contributed by atoms with Gasteiger partial charge in [-0.25, -0.2) is 0 Å². The Morgan fingerprint density at radius 1 is 1.38 bits per heavy atom. The van der Waals surface area contributed by atoms with Crippen LogP contribution in [0.2, 0.25) is 0 Å². The molecule has 6 heteroatoms. The van der Waals surface area contributed by atoms with E-state index in [1.807, 2.05) is 44.4 Å². The highest BCUT2D eigenvalue weighted by molar-refractivity contribution is 5.92. The number of nitrogens with zero attached hydrogens (tertiary/aromatic N) is 2. The maximum Gasteiger partial charge on any atom is 0.250 e. The smallest absolute Gasteiger partial charge is 0.250 e. The highest BCUT2D eigenvalue weighted by Crippen LogP contribution is 2.16. The minimum absolute atomic E-state index is 0.0482. The number of rotatable bonds is 6. The zero-order valence-electron chi connectivity index (χ0n) is 12.5. The summed E-state index contributed by atoms with van der Waals surface area (Å²) in [5, 5.41) is 10.4. The third-order valence-corrected chi connectivity index (χ3v) is 3.02. The molecule has 6 nitrogen and oxygen atoms in total. The standard InChI is InChI=1S/C15H20N4O2/c1-11-12(9-19(2)18-11)8-16-13-5-4-6-14(7-13)17-15(20)10-21-3/h4-7,9,16H,8,10H2,1-3H3,(H,17,20). The van der Waals surface area contributed by atoms with E-state index in [0.717, 1.165) is 22.6 Å². The van der Waals surface area contributed by atoms with E-state index in [1.165, 1.54) is 7.11 Å². The Kier molecular flexibility index (Phi) is 4.94.